The van der Waals surface area contributed by atoms with E-state index in [-0.39, 0.29) is 0 Å². The molecule has 2 nitrogen and oxygen atoms in total. The van der Waals surface area contributed by atoms with Crippen LogP contribution in [0.5, 0.6) is 0 Å². The molecule has 0 amide bonds. The summed E-state index contributed by atoms with van der Waals surface area (Å²) in [5.41, 5.74) is 1.22. The van der Waals surface area contributed by atoms with Crippen LogP contribution < -0.4 is 5.32 Å². The van der Waals surface area contributed by atoms with Crippen molar-refractivity contribution in [2.24, 2.45) is 11.8 Å². The first-order valence-corrected chi connectivity index (χ1v) is 7.82. The van der Waals surface area contributed by atoms with Gasteiger partial charge < -0.3 is 10.2 Å². The number of likely N-dealkylation sites (tertiary alicyclic amines) is 1. The minimum Gasteiger partial charge on any atom is -0.384 e. The monoisotopic (exact) mass is 308 g/mol. The summed E-state index contributed by atoms with van der Waals surface area (Å²) < 4.78 is 1.14. The van der Waals surface area contributed by atoms with Crippen molar-refractivity contribution >= 4 is 21.6 Å². The first-order valence-electron chi connectivity index (χ1n) is 7.03. The van der Waals surface area contributed by atoms with Crippen LogP contribution in [0, 0.1) is 11.8 Å². The molecule has 18 heavy (non-hydrogen) atoms. The second-order valence-electron chi connectivity index (χ2n) is 5.64. The van der Waals surface area contributed by atoms with Gasteiger partial charge in [-0.2, -0.15) is 0 Å². The van der Waals surface area contributed by atoms with Crippen molar-refractivity contribution in [2.45, 2.75) is 19.3 Å². The first kappa shape index (κ1) is 12.5. The Labute approximate surface area is 118 Å². The maximum Gasteiger partial charge on any atom is 0.0341 e. The summed E-state index contributed by atoms with van der Waals surface area (Å²) in [6, 6.07) is 8.43. The fourth-order valence-electron chi connectivity index (χ4n) is 3.44. The summed E-state index contributed by atoms with van der Waals surface area (Å²) >= 11 is 3.46. The van der Waals surface area contributed by atoms with Crippen LogP contribution in [0.4, 0.5) is 5.69 Å². The van der Waals surface area contributed by atoms with Crippen molar-refractivity contribution in [3.05, 3.63) is 28.7 Å². The van der Waals surface area contributed by atoms with Gasteiger partial charge in [-0.3, -0.25) is 0 Å². The van der Waals surface area contributed by atoms with E-state index in [4.69, 9.17) is 0 Å². The molecule has 1 aliphatic heterocycles. The third-order valence-electron chi connectivity index (χ3n) is 4.40. The van der Waals surface area contributed by atoms with E-state index in [1.54, 1.807) is 0 Å². The fraction of sp³-hybridized carbons (Fsp3) is 0.600. The summed E-state index contributed by atoms with van der Waals surface area (Å²) in [5.74, 6) is 2.02. The van der Waals surface area contributed by atoms with E-state index in [0.29, 0.717) is 0 Å². The second kappa shape index (κ2) is 5.62. The van der Waals surface area contributed by atoms with E-state index in [2.05, 4.69) is 50.4 Å². The lowest BCUT2D eigenvalue weighted by molar-refractivity contribution is 0.323. The van der Waals surface area contributed by atoms with Gasteiger partial charge in [-0.05, 0) is 48.9 Å². The van der Waals surface area contributed by atoms with Crippen molar-refractivity contribution in [1.29, 1.82) is 0 Å². The number of hydrogen-bond acceptors (Lipinski definition) is 2. The van der Waals surface area contributed by atoms with E-state index < -0.39 is 0 Å². The molecule has 1 saturated heterocycles. The average Bonchev–Trinajstić information content (AvgIpc) is 2.92. The lowest BCUT2D eigenvalue weighted by Gasteiger charge is -2.17. The molecular weight excluding hydrogens is 288 g/mol. The summed E-state index contributed by atoms with van der Waals surface area (Å²) in [5, 5.41) is 3.50. The van der Waals surface area contributed by atoms with Gasteiger partial charge in [0.15, 0.2) is 0 Å². The van der Waals surface area contributed by atoms with Crippen molar-refractivity contribution in [1.82, 2.24) is 4.90 Å². The van der Waals surface area contributed by atoms with Crippen LogP contribution in [0.25, 0.3) is 0 Å². The third-order valence-corrected chi connectivity index (χ3v) is 4.93. The summed E-state index contributed by atoms with van der Waals surface area (Å²) in [4.78, 5) is 2.64. The Bertz CT molecular complexity index is 378. The minimum absolute atomic E-state index is 1.01. The van der Waals surface area contributed by atoms with Crippen LogP contribution in [0.15, 0.2) is 28.7 Å². The van der Waals surface area contributed by atoms with Crippen molar-refractivity contribution in [3.8, 4) is 0 Å². The molecule has 2 fully saturated rings. The van der Waals surface area contributed by atoms with Crippen LogP contribution in [-0.4, -0.2) is 31.1 Å². The minimum atomic E-state index is 1.01. The molecule has 2 unspecified atom stereocenters. The summed E-state index contributed by atoms with van der Waals surface area (Å²) in [7, 11) is 0. The molecule has 98 valence electrons. The molecule has 2 aliphatic rings. The van der Waals surface area contributed by atoms with Crippen LogP contribution in [0.3, 0.4) is 0 Å². The van der Waals surface area contributed by atoms with Gasteiger partial charge in [-0.15, -0.1) is 0 Å². The van der Waals surface area contributed by atoms with Gasteiger partial charge in [0.05, 0.1) is 0 Å². The number of benzene rings is 1. The lowest BCUT2D eigenvalue weighted by atomic mass is 10.0. The van der Waals surface area contributed by atoms with Gasteiger partial charge in [0.25, 0.3) is 0 Å². The average molecular weight is 309 g/mol. The molecule has 2 atom stereocenters. The molecule has 1 heterocycles. The molecule has 1 aromatic rings. The van der Waals surface area contributed by atoms with Crippen LogP contribution in [-0.2, 0) is 0 Å². The topological polar surface area (TPSA) is 15.3 Å². The number of nitrogens with zero attached hydrogens (tertiary/aromatic N) is 1. The zero-order valence-electron chi connectivity index (χ0n) is 10.7. The Kier molecular flexibility index (Phi) is 3.90. The van der Waals surface area contributed by atoms with Crippen LogP contribution in [0.2, 0.25) is 0 Å². The molecule has 0 spiro atoms. The fourth-order valence-corrected chi connectivity index (χ4v) is 3.71. The quantitative estimate of drug-likeness (QED) is 0.914. The number of nitrogens with one attached hydrogen (secondary N) is 1. The van der Waals surface area contributed by atoms with E-state index >= 15 is 0 Å². The van der Waals surface area contributed by atoms with Crippen LogP contribution in [0.1, 0.15) is 19.3 Å². The van der Waals surface area contributed by atoms with Crippen LogP contribution >= 0.6 is 15.9 Å². The van der Waals surface area contributed by atoms with Gasteiger partial charge in [0.1, 0.15) is 0 Å². The molecular formula is C15H21BrN2. The number of anilines is 1. The highest BCUT2D eigenvalue weighted by molar-refractivity contribution is 9.10. The molecule has 0 radical (unpaired) electrons. The largest absolute Gasteiger partial charge is 0.384 e. The Morgan fingerprint density at radius 1 is 1.11 bits per heavy atom. The van der Waals surface area contributed by atoms with Crippen molar-refractivity contribution in [2.75, 3.05) is 31.5 Å². The van der Waals surface area contributed by atoms with Crippen molar-refractivity contribution < 1.29 is 0 Å². The second-order valence-corrected chi connectivity index (χ2v) is 6.56. The van der Waals surface area contributed by atoms with Gasteiger partial charge in [0, 0.05) is 36.3 Å². The SMILES string of the molecule is Brc1ccc(NCCN2CC3CCCC3C2)cc1. The molecule has 1 aromatic carbocycles. The normalized spacial score (nSPS) is 27.4. The van der Waals surface area contributed by atoms with Gasteiger partial charge >= 0.3 is 0 Å². The first-order chi connectivity index (χ1) is 8.81. The highest BCUT2D eigenvalue weighted by Gasteiger charge is 2.35. The van der Waals surface area contributed by atoms with Crippen molar-refractivity contribution in [3.63, 3.8) is 0 Å². The molecule has 3 heteroatoms. The Morgan fingerprint density at radius 2 is 1.78 bits per heavy atom. The van der Waals surface area contributed by atoms with E-state index in [0.717, 1.165) is 22.9 Å². The maximum atomic E-state index is 3.50. The highest BCUT2D eigenvalue weighted by atomic mass is 79.9. The molecule has 3 rings (SSSR count). The van der Waals surface area contributed by atoms with E-state index in [1.165, 1.54) is 44.6 Å². The van der Waals surface area contributed by atoms with E-state index in [9.17, 15) is 0 Å². The Hall–Kier alpha value is -0.540. The molecule has 1 saturated carbocycles. The smallest absolute Gasteiger partial charge is 0.0341 e. The predicted molar refractivity (Wildman–Crippen MR) is 79.9 cm³/mol. The molecule has 1 aliphatic carbocycles. The predicted octanol–water partition coefficient (Wildman–Crippen LogP) is 3.59. The lowest BCUT2D eigenvalue weighted by Crippen LogP contribution is -2.27. The highest BCUT2D eigenvalue weighted by Crippen LogP contribution is 2.37. The number of fused-ring (bicyclic) bond motifs is 1. The summed E-state index contributed by atoms with van der Waals surface area (Å²) in [6.45, 7) is 4.92. The zero-order chi connectivity index (χ0) is 12.4. The number of rotatable bonds is 4. The third kappa shape index (κ3) is 2.89. The molecule has 0 aromatic heterocycles. The standard InChI is InChI=1S/C15H21BrN2/c16-14-4-6-15(7-5-14)17-8-9-18-10-12-2-1-3-13(12)11-18/h4-7,12-13,17H,1-3,8-11H2. The van der Waals surface area contributed by atoms with E-state index in [1.807, 2.05) is 0 Å². The zero-order valence-corrected chi connectivity index (χ0v) is 12.3. The Balaban J connectivity index is 1.41. The molecule has 1 N–H and O–H groups in total. The maximum absolute atomic E-state index is 3.50. The van der Waals surface area contributed by atoms with Gasteiger partial charge in [-0.25, -0.2) is 0 Å². The summed E-state index contributed by atoms with van der Waals surface area (Å²) in [6.07, 6.45) is 4.42. The Morgan fingerprint density at radius 3 is 2.44 bits per heavy atom. The van der Waals surface area contributed by atoms with Gasteiger partial charge in [-0.1, -0.05) is 22.4 Å². The number of hydrogen-bond donors (Lipinski definition) is 1. The van der Waals surface area contributed by atoms with Gasteiger partial charge in [0.2, 0.25) is 0 Å². The number of halogens is 1. The molecule has 0 bridgehead atoms.